The number of nitrogens with zero attached hydrogens (tertiary/aromatic N) is 2. The van der Waals surface area contributed by atoms with Gasteiger partial charge in [0.25, 0.3) is 0 Å². The second-order valence-corrected chi connectivity index (χ2v) is 14.4. The van der Waals surface area contributed by atoms with Crippen LogP contribution in [-0.2, 0) is 14.3 Å². The van der Waals surface area contributed by atoms with Crippen molar-refractivity contribution >= 4 is 83.6 Å². The fraction of sp³-hybridized carbons (Fsp3) is 0.286. The maximum Gasteiger partial charge on any atom is 0.339 e. The fourth-order valence-electron chi connectivity index (χ4n) is 7.19. The summed E-state index contributed by atoms with van der Waals surface area (Å²) >= 11 is 13.9. The highest BCUT2D eigenvalue weighted by Gasteiger charge is 2.66. The molecule has 6 unspecified atom stereocenters. The van der Waals surface area contributed by atoms with Crippen molar-refractivity contribution in [2.75, 3.05) is 18.6 Å². The first-order valence-electron chi connectivity index (χ1n) is 14.8. The van der Waals surface area contributed by atoms with Gasteiger partial charge in [-0.3, -0.25) is 19.3 Å². The fourth-order valence-corrected chi connectivity index (χ4v) is 9.22. The number of Topliss-reactive ketones (excluding diaryl/α,β-unsaturated/α-hetero) is 1. The van der Waals surface area contributed by atoms with Crippen LogP contribution in [0.4, 0.5) is 5.69 Å². The largest absolute Gasteiger partial charge is 0.497 e. The third-order valence-corrected chi connectivity index (χ3v) is 13.1. The number of amides is 2. The molecule has 234 valence electrons. The summed E-state index contributed by atoms with van der Waals surface area (Å²) in [7, 11) is 1.51. The number of hydrogen-bond acceptors (Lipinski definition) is 7. The first-order chi connectivity index (χ1) is 22.1. The summed E-state index contributed by atoms with van der Waals surface area (Å²) in [5.41, 5.74) is 3.41. The number of methoxy groups -OCH3 is 1. The van der Waals surface area contributed by atoms with E-state index in [-0.39, 0.29) is 56.5 Å². The van der Waals surface area contributed by atoms with Gasteiger partial charge < -0.3 is 9.47 Å². The van der Waals surface area contributed by atoms with E-state index in [0.29, 0.717) is 49.7 Å². The van der Waals surface area contributed by atoms with E-state index < -0.39 is 12.6 Å². The molecule has 0 radical (unpaired) electrons. The van der Waals surface area contributed by atoms with Gasteiger partial charge in [0, 0.05) is 31.2 Å². The average Bonchev–Trinajstić information content (AvgIpc) is 3.69. The number of ether oxygens (including phenoxy) is 2. The second kappa shape index (κ2) is 11.9. The number of fused-ring (bicyclic) bond motifs is 6. The Labute approximate surface area is 286 Å². The van der Waals surface area contributed by atoms with Gasteiger partial charge in [-0.25, -0.2) is 9.78 Å². The van der Waals surface area contributed by atoms with Crippen molar-refractivity contribution in [3.05, 3.63) is 88.4 Å². The molecule has 1 saturated heterocycles. The van der Waals surface area contributed by atoms with Crippen LogP contribution in [-0.4, -0.2) is 51.9 Å². The molecule has 6 atom stereocenters. The molecule has 3 fully saturated rings. The molecule has 2 bridgehead atoms. The number of alkyl halides is 2. The molecule has 7 rings (SSSR count). The van der Waals surface area contributed by atoms with E-state index in [1.165, 1.54) is 12.0 Å². The topological polar surface area (TPSA) is 103 Å². The highest BCUT2D eigenvalue weighted by molar-refractivity contribution is 9.12. The van der Waals surface area contributed by atoms with Crippen LogP contribution < -0.4 is 9.64 Å². The lowest BCUT2D eigenvalue weighted by atomic mass is 9.81. The molecule has 3 aromatic carbocycles. The molecule has 0 spiro atoms. The maximum absolute atomic E-state index is 13.5. The first kappa shape index (κ1) is 31.0. The minimum atomic E-state index is -0.687. The average molecular weight is 767 g/mol. The molecular weight excluding hydrogens is 740 g/mol. The Morgan fingerprint density at radius 3 is 2.28 bits per heavy atom. The van der Waals surface area contributed by atoms with Gasteiger partial charge in [-0.1, -0.05) is 73.8 Å². The predicted molar refractivity (Wildman–Crippen MR) is 181 cm³/mol. The number of imide groups is 1. The van der Waals surface area contributed by atoms with Crippen LogP contribution in [0.2, 0.25) is 5.02 Å². The van der Waals surface area contributed by atoms with E-state index in [1.54, 1.807) is 66.7 Å². The van der Waals surface area contributed by atoms with Crippen LogP contribution >= 0.6 is 43.5 Å². The summed E-state index contributed by atoms with van der Waals surface area (Å²) in [5.74, 6) is -1.21. The number of esters is 1. The molecule has 46 heavy (non-hydrogen) atoms. The van der Waals surface area contributed by atoms with Crippen LogP contribution in [0, 0.1) is 30.6 Å². The van der Waals surface area contributed by atoms with Crippen molar-refractivity contribution in [2.24, 2.45) is 23.7 Å². The minimum Gasteiger partial charge on any atom is -0.497 e. The molecule has 1 aliphatic heterocycles. The van der Waals surface area contributed by atoms with Gasteiger partial charge in [0.1, 0.15) is 5.75 Å². The highest BCUT2D eigenvalue weighted by atomic mass is 79.9. The van der Waals surface area contributed by atoms with Gasteiger partial charge in [-0.2, -0.15) is 0 Å². The maximum atomic E-state index is 13.5. The van der Waals surface area contributed by atoms with Crippen LogP contribution in [0.25, 0.3) is 22.2 Å². The van der Waals surface area contributed by atoms with E-state index >= 15 is 0 Å². The van der Waals surface area contributed by atoms with E-state index in [9.17, 15) is 19.2 Å². The van der Waals surface area contributed by atoms with Gasteiger partial charge in [-0.15, -0.1) is 0 Å². The van der Waals surface area contributed by atoms with Crippen molar-refractivity contribution in [1.82, 2.24) is 4.98 Å². The van der Waals surface area contributed by atoms with Crippen LogP contribution in [0.3, 0.4) is 0 Å². The molecule has 2 aliphatic carbocycles. The lowest BCUT2D eigenvalue weighted by Crippen LogP contribution is -2.37. The number of benzene rings is 3. The number of rotatable bonds is 7. The zero-order valence-corrected chi connectivity index (χ0v) is 28.6. The number of pyridine rings is 1. The Bertz CT molecular complexity index is 1920. The molecule has 11 heteroatoms. The van der Waals surface area contributed by atoms with Crippen molar-refractivity contribution in [1.29, 1.82) is 0 Å². The molecule has 2 saturated carbocycles. The van der Waals surface area contributed by atoms with Gasteiger partial charge in [-0.05, 0) is 67.1 Å². The number of ketones is 1. The van der Waals surface area contributed by atoms with Gasteiger partial charge >= 0.3 is 5.97 Å². The third kappa shape index (κ3) is 4.96. The second-order valence-electron chi connectivity index (χ2n) is 11.9. The zero-order chi connectivity index (χ0) is 32.4. The summed E-state index contributed by atoms with van der Waals surface area (Å²) in [6, 6.07) is 18.6. The molecule has 3 aliphatic rings. The summed E-state index contributed by atoms with van der Waals surface area (Å²) < 4.78 is 10.7. The molecule has 4 aromatic rings. The van der Waals surface area contributed by atoms with Gasteiger partial charge in [0.05, 0.1) is 41.4 Å². The SMILES string of the molecule is COc1cccc(C(=O)COC(=O)c2cc(-c3ccc(N4C(=O)C5C6CC(C(Br)C6Br)C5C4=O)cc3)nc3c(C)c(Cl)ccc23)c1. The van der Waals surface area contributed by atoms with E-state index in [4.69, 9.17) is 26.1 Å². The van der Waals surface area contributed by atoms with Crippen LogP contribution in [0.1, 0.15) is 32.7 Å². The summed E-state index contributed by atoms with van der Waals surface area (Å²) in [4.78, 5) is 59.8. The molecule has 0 N–H and O–H groups in total. The van der Waals surface area contributed by atoms with Crippen LogP contribution in [0.5, 0.6) is 5.75 Å². The smallest absolute Gasteiger partial charge is 0.339 e. The first-order valence-corrected chi connectivity index (χ1v) is 17.0. The van der Waals surface area contributed by atoms with E-state index in [0.717, 1.165) is 6.42 Å². The number of aromatic nitrogens is 1. The number of carbonyl (C=O) groups excluding carboxylic acids is 4. The van der Waals surface area contributed by atoms with Crippen molar-refractivity contribution in [2.45, 2.75) is 23.0 Å². The number of halogens is 3. The monoisotopic (exact) mass is 764 g/mol. The molecule has 8 nitrogen and oxygen atoms in total. The predicted octanol–water partition coefficient (Wildman–Crippen LogP) is 7.19. The number of hydrogen-bond donors (Lipinski definition) is 0. The summed E-state index contributed by atoms with van der Waals surface area (Å²) in [6.07, 6.45) is 0.864. The number of carbonyl (C=O) groups is 4. The Kier molecular flexibility index (Phi) is 8.02. The van der Waals surface area contributed by atoms with E-state index in [2.05, 4.69) is 31.9 Å². The summed E-state index contributed by atoms with van der Waals surface area (Å²) in [6.45, 7) is 1.36. The van der Waals surface area contributed by atoms with Gasteiger partial charge in [0.15, 0.2) is 12.4 Å². The normalized spacial score (nSPS) is 24.8. The molecule has 1 aromatic heterocycles. The molecule has 2 heterocycles. The van der Waals surface area contributed by atoms with Crippen LogP contribution in [0.15, 0.2) is 66.7 Å². The minimum absolute atomic E-state index is 0.126. The van der Waals surface area contributed by atoms with E-state index in [1.807, 2.05) is 6.92 Å². The zero-order valence-electron chi connectivity index (χ0n) is 24.7. The number of anilines is 1. The standard InChI is InChI=1S/C35H27Br2ClN2O6/c1-16-25(38)11-10-21-22(35(44)46-15-27(41)18-4-3-5-20(12-18)45-2)14-26(39-32(16)21)17-6-8-19(9-7-17)40-33(42)28-23-13-24(29(28)34(40)43)31(37)30(23)36/h3-12,14,23-24,28-31H,13,15H2,1-2H3. The van der Waals surface area contributed by atoms with Crippen molar-refractivity contribution < 1.29 is 28.7 Å². The Hall–Kier alpha value is -3.60. The summed E-state index contributed by atoms with van der Waals surface area (Å²) in [5, 5.41) is 1.02. The Balaban J connectivity index is 1.18. The lowest BCUT2D eigenvalue weighted by Gasteiger charge is -2.28. The quantitative estimate of drug-likeness (QED) is 0.0850. The Morgan fingerprint density at radius 1 is 0.957 bits per heavy atom. The third-order valence-electron chi connectivity index (χ3n) is 9.52. The molecular formula is C35H27Br2ClN2O6. The number of aryl methyl sites for hydroxylation is 1. The van der Waals surface area contributed by atoms with Gasteiger partial charge in [0.2, 0.25) is 11.8 Å². The van der Waals surface area contributed by atoms with Crippen molar-refractivity contribution in [3.63, 3.8) is 0 Å². The highest BCUT2D eigenvalue weighted by Crippen LogP contribution is 2.60. The lowest BCUT2D eigenvalue weighted by molar-refractivity contribution is -0.123. The Morgan fingerprint density at radius 2 is 1.63 bits per heavy atom. The van der Waals surface area contributed by atoms with Crippen molar-refractivity contribution in [3.8, 4) is 17.0 Å². The molecule has 2 amide bonds.